The van der Waals surface area contributed by atoms with Crippen LogP contribution >= 0.6 is 0 Å². The Kier molecular flexibility index (Phi) is 62.6. The number of esters is 3. The van der Waals surface area contributed by atoms with Gasteiger partial charge in [-0.1, -0.05) is 307 Å². The second-order valence-corrected chi connectivity index (χ2v) is 22.7. The lowest BCUT2D eigenvalue weighted by molar-refractivity contribution is -0.167. The summed E-state index contributed by atoms with van der Waals surface area (Å²) in [6.07, 6.45) is 81.2. The van der Waals surface area contributed by atoms with Crippen LogP contribution in [0.2, 0.25) is 0 Å². The van der Waals surface area contributed by atoms with Crippen LogP contribution in [0.1, 0.15) is 361 Å². The Balaban J connectivity index is 4.32. The zero-order valence-corrected chi connectivity index (χ0v) is 51.0. The highest BCUT2D eigenvalue weighted by Crippen LogP contribution is 2.18. The topological polar surface area (TPSA) is 78.9 Å². The fourth-order valence-corrected chi connectivity index (χ4v) is 9.98. The minimum Gasteiger partial charge on any atom is -0.462 e. The maximum Gasteiger partial charge on any atom is 0.306 e. The minimum atomic E-state index is -0.783. The predicted octanol–water partition coefficient (Wildman–Crippen LogP) is 22.9. The Morgan fingerprint density at radius 2 is 0.474 bits per heavy atom. The first kappa shape index (κ1) is 73.4. The summed E-state index contributed by atoms with van der Waals surface area (Å²) in [5, 5.41) is 0. The third-order valence-electron chi connectivity index (χ3n) is 15.1. The molecular weight excluding hydrogens is 937 g/mol. The lowest BCUT2D eigenvalue weighted by Gasteiger charge is -2.18. The number of hydrogen-bond acceptors (Lipinski definition) is 6. The Labute approximate surface area is 473 Å². The van der Waals surface area contributed by atoms with Gasteiger partial charge in [-0.25, -0.2) is 0 Å². The van der Waals surface area contributed by atoms with Gasteiger partial charge in [0.25, 0.3) is 0 Å². The van der Waals surface area contributed by atoms with Gasteiger partial charge >= 0.3 is 17.9 Å². The second kappa shape index (κ2) is 64.9. The van der Waals surface area contributed by atoms with E-state index in [1.807, 2.05) is 0 Å². The first-order valence-electron chi connectivity index (χ1n) is 33.6. The lowest BCUT2D eigenvalue weighted by atomic mass is 10.0. The number of carbonyl (C=O) groups is 3. The van der Waals surface area contributed by atoms with Gasteiger partial charge in [-0.2, -0.15) is 0 Å². The van der Waals surface area contributed by atoms with Crippen molar-refractivity contribution in [3.63, 3.8) is 0 Å². The Hall–Kier alpha value is -2.63. The van der Waals surface area contributed by atoms with Crippen LogP contribution in [0.25, 0.3) is 0 Å². The average molecular weight is 1070 g/mol. The molecule has 1 atom stereocenters. The highest BCUT2D eigenvalue weighted by molar-refractivity contribution is 5.71. The summed E-state index contributed by atoms with van der Waals surface area (Å²) >= 11 is 0. The number of carbonyl (C=O) groups excluding carboxylic acids is 3. The van der Waals surface area contributed by atoms with Gasteiger partial charge in [0.05, 0.1) is 0 Å². The van der Waals surface area contributed by atoms with Gasteiger partial charge in [0.1, 0.15) is 13.2 Å². The van der Waals surface area contributed by atoms with Crippen molar-refractivity contribution in [2.75, 3.05) is 13.2 Å². The predicted molar refractivity (Wildman–Crippen MR) is 330 cm³/mol. The van der Waals surface area contributed by atoms with Gasteiger partial charge in [0, 0.05) is 19.3 Å². The quantitative estimate of drug-likeness (QED) is 0.0261. The van der Waals surface area contributed by atoms with E-state index >= 15 is 0 Å². The maximum atomic E-state index is 12.9. The van der Waals surface area contributed by atoms with Crippen LogP contribution in [-0.4, -0.2) is 37.2 Å². The molecule has 0 saturated heterocycles. The molecule has 0 aliphatic heterocycles. The normalized spacial score (nSPS) is 12.3. The lowest BCUT2D eigenvalue weighted by Crippen LogP contribution is -2.30. The fourth-order valence-electron chi connectivity index (χ4n) is 9.98. The Morgan fingerprint density at radius 3 is 0.750 bits per heavy atom. The molecule has 0 saturated carbocycles. The second-order valence-electron chi connectivity index (χ2n) is 22.7. The molecule has 0 amide bonds. The summed E-state index contributed by atoms with van der Waals surface area (Å²) < 4.78 is 16.9. The molecule has 0 aliphatic carbocycles. The van der Waals surface area contributed by atoms with Crippen LogP contribution < -0.4 is 0 Å². The van der Waals surface area contributed by atoms with Crippen molar-refractivity contribution in [3.8, 4) is 0 Å². The third-order valence-corrected chi connectivity index (χ3v) is 15.1. The van der Waals surface area contributed by atoms with Gasteiger partial charge in [0.2, 0.25) is 0 Å². The van der Waals surface area contributed by atoms with E-state index in [0.29, 0.717) is 19.3 Å². The third kappa shape index (κ3) is 62.2. The first-order valence-corrected chi connectivity index (χ1v) is 33.6. The van der Waals surface area contributed by atoms with Crippen LogP contribution in [0, 0.1) is 0 Å². The molecule has 0 aromatic carbocycles. The molecule has 0 bridgehead atoms. The molecule has 6 heteroatoms. The van der Waals surface area contributed by atoms with Crippen molar-refractivity contribution in [3.05, 3.63) is 48.6 Å². The molecule has 6 nitrogen and oxygen atoms in total. The van der Waals surface area contributed by atoms with Gasteiger partial charge in [-0.05, 0) is 83.5 Å². The van der Waals surface area contributed by atoms with Gasteiger partial charge in [-0.3, -0.25) is 14.4 Å². The first-order chi connectivity index (χ1) is 37.5. The van der Waals surface area contributed by atoms with Crippen molar-refractivity contribution in [1.82, 2.24) is 0 Å². The van der Waals surface area contributed by atoms with Crippen LogP contribution in [0.5, 0.6) is 0 Å². The smallest absolute Gasteiger partial charge is 0.306 e. The summed E-state index contributed by atoms with van der Waals surface area (Å²) in [5.41, 5.74) is 0. The summed E-state index contributed by atoms with van der Waals surface area (Å²) in [6, 6.07) is 0. The van der Waals surface area contributed by atoms with E-state index in [1.165, 1.54) is 238 Å². The number of ether oxygens (including phenoxy) is 3. The van der Waals surface area contributed by atoms with E-state index in [1.54, 1.807) is 0 Å². The molecular formula is C70H128O6. The highest BCUT2D eigenvalue weighted by Gasteiger charge is 2.19. The molecule has 1 unspecified atom stereocenters. The molecule has 0 rings (SSSR count). The number of allylic oxidation sites excluding steroid dienone is 8. The van der Waals surface area contributed by atoms with E-state index in [9.17, 15) is 14.4 Å². The van der Waals surface area contributed by atoms with Crippen LogP contribution in [0.15, 0.2) is 48.6 Å². The summed E-state index contributed by atoms with van der Waals surface area (Å²) in [6.45, 7) is 6.66. The van der Waals surface area contributed by atoms with Gasteiger partial charge < -0.3 is 14.2 Å². The average Bonchev–Trinajstić information content (AvgIpc) is 3.42. The molecule has 0 fully saturated rings. The largest absolute Gasteiger partial charge is 0.462 e. The molecule has 444 valence electrons. The van der Waals surface area contributed by atoms with Gasteiger partial charge in [-0.15, -0.1) is 0 Å². The van der Waals surface area contributed by atoms with Crippen molar-refractivity contribution >= 4 is 17.9 Å². The molecule has 0 N–H and O–H groups in total. The van der Waals surface area contributed by atoms with Gasteiger partial charge in [0.15, 0.2) is 6.10 Å². The zero-order chi connectivity index (χ0) is 55.0. The fraction of sp³-hybridized carbons (Fsp3) is 0.843. The van der Waals surface area contributed by atoms with Crippen molar-refractivity contribution < 1.29 is 28.6 Å². The molecule has 0 radical (unpaired) electrons. The van der Waals surface area contributed by atoms with E-state index < -0.39 is 6.10 Å². The molecule has 0 heterocycles. The maximum absolute atomic E-state index is 12.9. The Bertz CT molecular complexity index is 1310. The molecule has 76 heavy (non-hydrogen) atoms. The standard InChI is InChI=1S/C70H128O6/c1-4-7-10-13-16-19-22-25-28-30-32-34-35-37-38-40-42-45-48-51-54-57-60-63-69(72)75-66-67(65-74-68(71)62-59-56-53-50-47-44-27-24-21-18-15-12-9-6-3)76-70(73)64-61-58-55-52-49-46-43-41-39-36-33-31-29-26-23-20-17-14-11-8-5-2/h23-24,26-27,31,33,39,41,67H,4-22,25,28-30,32,34-38,40,42-66H2,1-3H3/b26-23-,27-24-,33-31-,41-39-. The molecule has 0 aliphatic rings. The van der Waals surface area contributed by atoms with Crippen molar-refractivity contribution in [2.45, 2.75) is 367 Å². The molecule has 0 spiro atoms. The van der Waals surface area contributed by atoms with Crippen LogP contribution in [-0.2, 0) is 28.6 Å². The summed E-state index contributed by atoms with van der Waals surface area (Å²) in [7, 11) is 0. The minimum absolute atomic E-state index is 0.0775. The summed E-state index contributed by atoms with van der Waals surface area (Å²) in [5.74, 6) is -0.876. The summed E-state index contributed by atoms with van der Waals surface area (Å²) in [4.78, 5) is 38.4. The molecule has 0 aromatic rings. The number of rotatable bonds is 62. The van der Waals surface area contributed by atoms with E-state index in [4.69, 9.17) is 14.2 Å². The monoisotopic (exact) mass is 1060 g/mol. The SMILES string of the molecule is CCCCCCC/C=C\C/C=C\C/C=C\CCCCCCCCC(=O)OC(COC(=O)CCCCCCC/C=C\CCCCCCC)COC(=O)CCCCCCCCCCCCCCCCCCCCCCCCC. The van der Waals surface area contributed by atoms with E-state index in [-0.39, 0.29) is 31.1 Å². The van der Waals surface area contributed by atoms with E-state index in [0.717, 1.165) is 83.5 Å². The van der Waals surface area contributed by atoms with Crippen LogP contribution in [0.4, 0.5) is 0 Å². The van der Waals surface area contributed by atoms with Crippen molar-refractivity contribution in [2.24, 2.45) is 0 Å². The van der Waals surface area contributed by atoms with E-state index in [2.05, 4.69) is 69.4 Å². The Morgan fingerprint density at radius 1 is 0.263 bits per heavy atom. The van der Waals surface area contributed by atoms with Crippen LogP contribution in [0.3, 0.4) is 0 Å². The van der Waals surface area contributed by atoms with Crippen molar-refractivity contribution in [1.29, 1.82) is 0 Å². The zero-order valence-electron chi connectivity index (χ0n) is 51.0. The highest BCUT2D eigenvalue weighted by atomic mass is 16.6. The number of hydrogen-bond donors (Lipinski definition) is 0. The molecule has 0 aromatic heterocycles. The number of unbranched alkanes of at least 4 members (excludes halogenated alkanes) is 43.